The zero-order chi connectivity index (χ0) is 9.84. The normalized spacial score (nSPS) is 12.2. The topological polar surface area (TPSA) is 61.3 Å². The van der Waals surface area contributed by atoms with Crippen molar-refractivity contribution in [1.29, 1.82) is 0 Å². The zero-order valence-electron chi connectivity index (χ0n) is 7.66. The first kappa shape index (κ1) is 9.61. The third-order valence-electron chi connectivity index (χ3n) is 1.89. The SMILES string of the molecule is C=CC(N)c1cccc(N)c1OC. The number of hydrogen-bond acceptors (Lipinski definition) is 3. The highest BCUT2D eigenvalue weighted by Gasteiger charge is 2.10. The predicted octanol–water partition coefficient (Wildman–Crippen LogP) is 1.46. The number of anilines is 1. The lowest BCUT2D eigenvalue weighted by molar-refractivity contribution is 0.410. The Balaban J connectivity index is 3.19. The Morgan fingerprint density at radius 2 is 2.23 bits per heavy atom. The molecule has 1 aromatic carbocycles. The maximum Gasteiger partial charge on any atom is 0.146 e. The summed E-state index contributed by atoms with van der Waals surface area (Å²) in [5, 5.41) is 0. The Morgan fingerprint density at radius 1 is 1.54 bits per heavy atom. The molecule has 4 N–H and O–H groups in total. The summed E-state index contributed by atoms with van der Waals surface area (Å²) >= 11 is 0. The van der Waals surface area contributed by atoms with E-state index in [-0.39, 0.29) is 6.04 Å². The van der Waals surface area contributed by atoms with Crippen LogP contribution >= 0.6 is 0 Å². The minimum Gasteiger partial charge on any atom is -0.494 e. The van der Waals surface area contributed by atoms with E-state index in [9.17, 15) is 0 Å². The van der Waals surface area contributed by atoms with Gasteiger partial charge in [0, 0.05) is 5.56 Å². The second-order valence-electron chi connectivity index (χ2n) is 2.73. The molecule has 0 saturated carbocycles. The molecule has 0 spiro atoms. The molecule has 1 atom stereocenters. The fourth-order valence-electron chi connectivity index (χ4n) is 1.20. The quantitative estimate of drug-likeness (QED) is 0.544. The van der Waals surface area contributed by atoms with Gasteiger partial charge in [-0.1, -0.05) is 18.2 Å². The summed E-state index contributed by atoms with van der Waals surface area (Å²) < 4.78 is 5.15. The van der Waals surface area contributed by atoms with Gasteiger partial charge >= 0.3 is 0 Å². The van der Waals surface area contributed by atoms with Gasteiger partial charge in [0.05, 0.1) is 18.8 Å². The molecule has 1 rings (SSSR count). The van der Waals surface area contributed by atoms with Crippen LogP contribution in [-0.4, -0.2) is 7.11 Å². The van der Waals surface area contributed by atoms with Gasteiger partial charge in [0.25, 0.3) is 0 Å². The number of nitrogens with two attached hydrogens (primary N) is 2. The maximum atomic E-state index is 5.79. The number of ether oxygens (including phenoxy) is 1. The van der Waals surface area contributed by atoms with E-state index < -0.39 is 0 Å². The van der Waals surface area contributed by atoms with Gasteiger partial charge in [0.15, 0.2) is 0 Å². The van der Waals surface area contributed by atoms with Crippen molar-refractivity contribution in [1.82, 2.24) is 0 Å². The Bertz CT molecular complexity index is 310. The van der Waals surface area contributed by atoms with Gasteiger partial charge < -0.3 is 16.2 Å². The molecule has 0 saturated heterocycles. The highest BCUT2D eigenvalue weighted by molar-refractivity contribution is 5.58. The number of rotatable bonds is 3. The third-order valence-corrected chi connectivity index (χ3v) is 1.89. The molecule has 0 aliphatic rings. The van der Waals surface area contributed by atoms with Crippen LogP contribution in [0.25, 0.3) is 0 Å². The third kappa shape index (κ3) is 1.81. The molecule has 3 heteroatoms. The van der Waals surface area contributed by atoms with Crippen LogP contribution in [0.15, 0.2) is 30.9 Å². The molecule has 0 radical (unpaired) electrons. The van der Waals surface area contributed by atoms with Crippen molar-refractivity contribution in [2.24, 2.45) is 5.73 Å². The van der Waals surface area contributed by atoms with Crippen molar-refractivity contribution in [3.05, 3.63) is 36.4 Å². The van der Waals surface area contributed by atoms with E-state index in [1.54, 1.807) is 19.3 Å². The Kier molecular flexibility index (Phi) is 2.93. The van der Waals surface area contributed by atoms with Crippen molar-refractivity contribution in [3.63, 3.8) is 0 Å². The van der Waals surface area contributed by atoms with Gasteiger partial charge in [-0.2, -0.15) is 0 Å². The average molecular weight is 178 g/mol. The summed E-state index contributed by atoms with van der Waals surface area (Å²) in [6, 6.07) is 5.26. The molecule has 0 aromatic heterocycles. The number of nitrogen functional groups attached to an aromatic ring is 1. The van der Waals surface area contributed by atoms with E-state index >= 15 is 0 Å². The highest BCUT2D eigenvalue weighted by atomic mass is 16.5. The summed E-state index contributed by atoms with van der Waals surface area (Å²) in [5.74, 6) is 0.634. The van der Waals surface area contributed by atoms with Gasteiger partial charge in [0.2, 0.25) is 0 Å². The lowest BCUT2D eigenvalue weighted by atomic mass is 10.1. The van der Waals surface area contributed by atoms with Crippen LogP contribution in [0.2, 0.25) is 0 Å². The molecular weight excluding hydrogens is 164 g/mol. The van der Waals surface area contributed by atoms with E-state index in [1.807, 2.05) is 12.1 Å². The lowest BCUT2D eigenvalue weighted by Gasteiger charge is -2.13. The van der Waals surface area contributed by atoms with Gasteiger partial charge in [-0.25, -0.2) is 0 Å². The van der Waals surface area contributed by atoms with Gasteiger partial charge in [-0.15, -0.1) is 6.58 Å². The Hall–Kier alpha value is -1.48. The summed E-state index contributed by atoms with van der Waals surface area (Å²) in [4.78, 5) is 0. The van der Waals surface area contributed by atoms with Crippen LogP contribution in [0.3, 0.4) is 0 Å². The largest absolute Gasteiger partial charge is 0.494 e. The summed E-state index contributed by atoms with van der Waals surface area (Å²) in [6.07, 6.45) is 1.65. The van der Waals surface area contributed by atoms with Crippen LogP contribution in [0.5, 0.6) is 5.75 Å². The zero-order valence-corrected chi connectivity index (χ0v) is 7.66. The molecule has 1 aromatic rings. The van der Waals surface area contributed by atoms with Crippen LogP contribution in [0.4, 0.5) is 5.69 Å². The minimum absolute atomic E-state index is 0.238. The summed E-state index contributed by atoms with van der Waals surface area (Å²) in [7, 11) is 1.57. The molecule has 3 nitrogen and oxygen atoms in total. The minimum atomic E-state index is -0.238. The fourth-order valence-corrected chi connectivity index (χ4v) is 1.20. The molecule has 0 aliphatic carbocycles. The Labute approximate surface area is 78.0 Å². The second kappa shape index (κ2) is 3.96. The number of benzene rings is 1. The van der Waals surface area contributed by atoms with Crippen molar-refractivity contribution < 1.29 is 4.74 Å². The first-order chi connectivity index (χ1) is 6.20. The van der Waals surface area contributed by atoms with Crippen LogP contribution in [-0.2, 0) is 0 Å². The summed E-state index contributed by atoms with van der Waals surface area (Å²) in [5.41, 5.74) is 12.9. The molecule has 0 heterocycles. The number of methoxy groups -OCH3 is 1. The van der Waals surface area contributed by atoms with Gasteiger partial charge in [-0.05, 0) is 6.07 Å². The molecule has 13 heavy (non-hydrogen) atoms. The molecule has 0 amide bonds. The van der Waals surface area contributed by atoms with E-state index in [2.05, 4.69) is 6.58 Å². The van der Waals surface area contributed by atoms with Gasteiger partial charge in [-0.3, -0.25) is 0 Å². The standard InChI is InChI=1S/C10H14N2O/c1-3-8(11)7-5-4-6-9(12)10(7)13-2/h3-6,8H,1,11-12H2,2H3. The number of hydrogen-bond donors (Lipinski definition) is 2. The van der Waals surface area contributed by atoms with E-state index in [0.717, 1.165) is 5.56 Å². The molecule has 70 valence electrons. The van der Waals surface area contributed by atoms with E-state index in [1.165, 1.54) is 0 Å². The second-order valence-corrected chi connectivity index (χ2v) is 2.73. The smallest absolute Gasteiger partial charge is 0.146 e. The van der Waals surface area contributed by atoms with Crippen LogP contribution < -0.4 is 16.2 Å². The maximum absolute atomic E-state index is 5.79. The fraction of sp³-hybridized carbons (Fsp3) is 0.200. The summed E-state index contributed by atoms with van der Waals surface area (Å²) in [6.45, 7) is 3.62. The predicted molar refractivity (Wildman–Crippen MR) is 54.5 cm³/mol. The monoisotopic (exact) mass is 178 g/mol. The van der Waals surface area contributed by atoms with Crippen molar-refractivity contribution in [3.8, 4) is 5.75 Å². The van der Waals surface area contributed by atoms with Crippen LogP contribution in [0, 0.1) is 0 Å². The first-order valence-electron chi connectivity index (χ1n) is 4.01. The van der Waals surface area contributed by atoms with Crippen molar-refractivity contribution in [2.75, 3.05) is 12.8 Å². The molecule has 0 fully saturated rings. The molecular formula is C10H14N2O. The van der Waals surface area contributed by atoms with E-state index in [0.29, 0.717) is 11.4 Å². The first-order valence-corrected chi connectivity index (χ1v) is 4.01. The van der Waals surface area contributed by atoms with Crippen LogP contribution in [0.1, 0.15) is 11.6 Å². The van der Waals surface area contributed by atoms with E-state index in [4.69, 9.17) is 16.2 Å². The molecule has 0 aliphatic heterocycles. The van der Waals surface area contributed by atoms with Crippen molar-refractivity contribution >= 4 is 5.69 Å². The van der Waals surface area contributed by atoms with Crippen molar-refractivity contribution in [2.45, 2.75) is 6.04 Å². The lowest BCUT2D eigenvalue weighted by Crippen LogP contribution is -2.09. The van der Waals surface area contributed by atoms with Gasteiger partial charge in [0.1, 0.15) is 5.75 Å². The molecule has 0 bridgehead atoms. The molecule has 1 unspecified atom stereocenters. The number of para-hydroxylation sites is 1. The average Bonchev–Trinajstić information content (AvgIpc) is 2.16. The Morgan fingerprint density at radius 3 is 2.77 bits per heavy atom. The highest BCUT2D eigenvalue weighted by Crippen LogP contribution is 2.29.